The van der Waals surface area contributed by atoms with Crippen LogP contribution in [0, 0.1) is 5.92 Å². The minimum absolute atomic E-state index is 0.201. The van der Waals surface area contributed by atoms with Gasteiger partial charge in [-0.1, -0.05) is 26.0 Å². The van der Waals surface area contributed by atoms with Gasteiger partial charge in [-0.2, -0.15) is 0 Å². The Hall–Kier alpha value is -1.99. The minimum atomic E-state index is -0.564. The molecular formula is C16H20N2O4S. The molecular weight excluding hydrogens is 316 g/mol. The molecule has 1 heterocycles. The molecule has 23 heavy (non-hydrogen) atoms. The third-order valence-electron chi connectivity index (χ3n) is 2.86. The van der Waals surface area contributed by atoms with E-state index >= 15 is 0 Å². The molecule has 0 atom stereocenters. The maximum Gasteiger partial charge on any atom is 0.332 e. The number of rotatable bonds is 8. The molecule has 0 spiro atoms. The van der Waals surface area contributed by atoms with Crippen LogP contribution in [0.3, 0.4) is 0 Å². The highest BCUT2D eigenvalue weighted by Crippen LogP contribution is 2.21. The van der Waals surface area contributed by atoms with E-state index in [4.69, 9.17) is 9.47 Å². The van der Waals surface area contributed by atoms with Crippen molar-refractivity contribution in [3.8, 4) is 0 Å². The Morgan fingerprint density at radius 3 is 2.78 bits per heavy atom. The smallest absolute Gasteiger partial charge is 0.332 e. The summed E-state index contributed by atoms with van der Waals surface area (Å²) in [7, 11) is 0. The number of para-hydroxylation sites is 1. The van der Waals surface area contributed by atoms with E-state index in [1.807, 2.05) is 38.1 Å². The molecule has 0 aliphatic heterocycles. The van der Waals surface area contributed by atoms with Crippen LogP contribution in [-0.4, -0.2) is 36.6 Å². The molecule has 0 aliphatic carbocycles. The molecule has 0 unspecified atom stereocenters. The maximum absolute atomic E-state index is 11.5. The number of hydrogen-bond donors (Lipinski definition) is 1. The molecule has 0 saturated heterocycles. The fourth-order valence-electron chi connectivity index (χ4n) is 1.76. The van der Waals surface area contributed by atoms with E-state index in [0.29, 0.717) is 12.5 Å². The van der Waals surface area contributed by atoms with Gasteiger partial charge in [0.15, 0.2) is 6.61 Å². The molecule has 0 saturated carbocycles. The molecule has 2 rings (SSSR count). The lowest BCUT2D eigenvalue weighted by atomic mass is 10.2. The lowest BCUT2D eigenvalue weighted by molar-refractivity contribution is -0.153. The highest BCUT2D eigenvalue weighted by atomic mass is 32.1. The second-order valence-corrected chi connectivity index (χ2v) is 6.54. The van der Waals surface area contributed by atoms with Crippen molar-refractivity contribution in [1.29, 1.82) is 0 Å². The van der Waals surface area contributed by atoms with Crippen LogP contribution in [0.5, 0.6) is 0 Å². The van der Waals surface area contributed by atoms with Crippen molar-refractivity contribution in [2.45, 2.75) is 20.5 Å². The van der Waals surface area contributed by atoms with Crippen LogP contribution in [0.1, 0.15) is 18.9 Å². The predicted molar refractivity (Wildman–Crippen MR) is 88.1 cm³/mol. The largest absolute Gasteiger partial charge is 0.454 e. The van der Waals surface area contributed by atoms with Crippen LogP contribution >= 0.6 is 11.3 Å². The molecule has 6 nitrogen and oxygen atoms in total. The second-order valence-electron chi connectivity index (χ2n) is 5.43. The van der Waals surface area contributed by atoms with Gasteiger partial charge in [0, 0.05) is 6.54 Å². The number of benzene rings is 1. The SMILES string of the molecule is CC(C)CNC(=O)COC(=O)COCc1nc2ccccc2s1. The average Bonchev–Trinajstić information content (AvgIpc) is 2.93. The Balaban J connectivity index is 1.65. The summed E-state index contributed by atoms with van der Waals surface area (Å²) in [6, 6.07) is 7.79. The van der Waals surface area contributed by atoms with E-state index in [-0.39, 0.29) is 25.7 Å². The van der Waals surface area contributed by atoms with E-state index in [1.165, 1.54) is 11.3 Å². The summed E-state index contributed by atoms with van der Waals surface area (Å²) in [5, 5.41) is 3.47. The van der Waals surface area contributed by atoms with Crippen molar-refractivity contribution in [1.82, 2.24) is 10.3 Å². The topological polar surface area (TPSA) is 77.5 Å². The minimum Gasteiger partial charge on any atom is -0.454 e. The molecule has 1 amide bonds. The number of thiazole rings is 1. The number of carbonyl (C=O) groups excluding carboxylic acids is 2. The first-order valence-electron chi connectivity index (χ1n) is 7.39. The van der Waals surface area contributed by atoms with Gasteiger partial charge in [0.1, 0.15) is 11.6 Å². The van der Waals surface area contributed by atoms with Crippen LogP contribution in [0.2, 0.25) is 0 Å². The van der Waals surface area contributed by atoms with E-state index < -0.39 is 5.97 Å². The standard InChI is InChI=1S/C16H20N2O4S/c1-11(2)7-17-14(19)8-22-16(20)10-21-9-15-18-12-5-3-4-6-13(12)23-15/h3-6,11H,7-10H2,1-2H3,(H,17,19). The summed E-state index contributed by atoms with van der Waals surface area (Å²) in [4.78, 5) is 27.3. The second kappa shape index (κ2) is 8.59. The number of amides is 1. The van der Waals surface area contributed by atoms with Gasteiger partial charge in [0.2, 0.25) is 0 Å². The van der Waals surface area contributed by atoms with Gasteiger partial charge < -0.3 is 14.8 Å². The van der Waals surface area contributed by atoms with Crippen molar-refractivity contribution in [3.05, 3.63) is 29.3 Å². The van der Waals surface area contributed by atoms with Crippen molar-refractivity contribution in [3.63, 3.8) is 0 Å². The number of hydrogen-bond acceptors (Lipinski definition) is 6. The molecule has 1 aromatic heterocycles. The van der Waals surface area contributed by atoms with Gasteiger partial charge in [-0.25, -0.2) is 9.78 Å². The molecule has 124 valence electrons. The van der Waals surface area contributed by atoms with Crippen molar-refractivity contribution >= 4 is 33.4 Å². The van der Waals surface area contributed by atoms with Crippen molar-refractivity contribution in [2.24, 2.45) is 5.92 Å². The van der Waals surface area contributed by atoms with E-state index in [1.54, 1.807) is 0 Å². The Morgan fingerprint density at radius 1 is 1.26 bits per heavy atom. The first kappa shape index (κ1) is 17.4. The van der Waals surface area contributed by atoms with Gasteiger partial charge in [-0.3, -0.25) is 4.79 Å². The Labute approximate surface area is 138 Å². The molecule has 1 N–H and O–H groups in total. The maximum atomic E-state index is 11.5. The average molecular weight is 336 g/mol. The molecule has 2 aromatic rings. The van der Waals surface area contributed by atoms with Crippen LogP contribution in [0.25, 0.3) is 10.2 Å². The Kier molecular flexibility index (Phi) is 6.49. The first-order valence-corrected chi connectivity index (χ1v) is 8.20. The Morgan fingerprint density at radius 2 is 2.04 bits per heavy atom. The summed E-state index contributed by atoms with van der Waals surface area (Å²) in [5.41, 5.74) is 0.917. The number of ether oxygens (including phenoxy) is 2. The summed E-state index contributed by atoms with van der Waals surface area (Å²) >= 11 is 1.52. The number of nitrogens with one attached hydrogen (secondary N) is 1. The molecule has 1 aromatic carbocycles. The normalized spacial score (nSPS) is 10.9. The highest BCUT2D eigenvalue weighted by Gasteiger charge is 2.09. The molecule has 0 bridgehead atoms. The lowest BCUT2D eigenvalue weighted by Gasteiger charge is -2.08. The summed E-state index contributed by atoms with van der Waals surface area (Å²) in [6.45, 7) is 4.30. The number of nitrogens with zero attached hydrogens (tertiary/aromatic N) is 1. The molecule has 0 fully saturated rings. The predicted octanol–water partition coefficient (Wildman–Crippen LogP) is 2.13. The van der Waals surface area contributed by atoms with Crippen LogP contribution in [0.4, 0.5) is 0 Å². The zero-order valence-corrected chi connectivity index (χ0v) is 14.0. The summed E-state index contributed by atoms with van der Waals surface area (Å²) < 4.78 is 11.2. The third kappa shape index (κ3) is 5.96. The van der Waals surface area contributed by atoms with Crippen molar-refractivity contribution in [2.75, 3.05) is 19.8 Å². The van der Waals surface area contributed by atoms with Gasteiger partial charge in [-0.05, 0) is 18.1 Å². The van der Waals surface area contributed by atoms with Gasteiger partial charge >= 0.3 is 5.97 Å². The van der Waals surface area contributed by atoms with Crippen LogP contribution < -0.4 is 5.32 Å². The van der Waals surface area contributed by atoms with E-state index in [2.05, 4.69) is 10.3 Å². The molecule has 7 heteroatoms. The summed E-state index contributed by atoms with van der Waals surface area (Å²) in [5.74, 6) is -0.518. The first-order chi connectivity index (χ1) is 11.0. The number of carbonyl (C=O) groups is 2. The van der Waals surface area contributed by atoms with Gasteiger partial charge in [0.05, 0.1) is 16.8 Å². The fraction of sp³-hybridized carbons (Fsp3) is 0.438. The Bertz CT molecular complexity index is 636. The zero-order valence-electron chi connectivity index (χ0n) is 13.2. The number of esters is 1. The van der Waals surface area contributed by atoms with E-state index in [0.717, 1.165) is 15.2 Å². The third-order valence-corrected chi connectivity index (χ3v) is 3.87. The van der Waals surface area contributed by atoms with E-state index in [9.17, 15) is 9.59 Å². The van der Waals surface area contributed by atoms with Crippen LogP contribution in [0.15, 0.2) is 24.3 Å². The molecule has 0 aliphatic rings. The number of fused-ring (bicyclic) bond motifs is 1. The van der Waals surface area contributed by atoms with Crippen LogP contribution in [-0.2, 0) is 25.7 Å². The summed E-state index contributed by atoms with van der Waals surface area (Å²) in [6.07, 6.45) is 0. The fourth-order valence-corrected chi connectivity index (χ4v) is 2.67. The van der Waals surface area contributed by atoms with Crippen molar-refractivity contribution < 1.29 is 19.1 Å². The van der Waals surface area contributed by atoms with Gasteiger partial charge in [-0.15, -0.1) is 11.3 Å². The number of aromatic nitrogens is 1. The lowest BCUT2D eigenvalue weighted by Crippen LogP contribution is -2.32. The molecule has 0 radical (unpaired) electrons. The zero-order chi connectivity index (χ0) is 16.7. The quantitative estimate of drug-likeness (QED) is 0.747. The monoisotopic (exact) mass is 336 g/mol. The highest BCUT2D eigenvalue weighted by molar-refractivity contribution is 7.18. The van der Waals surface area contributed by atoms with Gasteiger partial charge in [0.25, 0.3) is 5.91 Å².